The molecule has 0 radical (unpaired) electrons. The summed E-state index contributed by atoms with van der Waals surface area (Å²) in [6, 6.07) is 9.01. The average molecular weight is 397 g/mol. The standard InChI is InChI=1S/C14H19BN2O3.C5H6BNO2/c1-13(2)14(3,4)20-15(19-13)9-6-7-11-10(8-9)16-12(18)17(11)5;8-6(9)5-2-1-3-7-4-5/h6-8H,1-5H3,(H,16,18);1-4,8-9H. The van der Waals surface area contributed by atoms with E-state index in [1.54, 1.807) is 29.9 Å². The van der Waals surface area contributed by atoms with Crippen LogP contribution in [0.1, 0.15) is 27.7 Å². The Morgan fingerprint density at radius 2 is 1.79 bits per heavy atom. The fourth-order valence-corrected chi connectivity index (χ4v) is 2.91. The van der Waals surface area contributed by atoms with Gasteiger partial charge in [0.05, 0.1) is 22.2 Å². The van der Waals surface area contributed by atoms with Crippen molar-refractivity contribution in [3.8, 4) is 0 Å². The molecule has 1 aliphatic heterocycles. The zero-order valence-corrected chi connectivity index (χ0v) is 17.2. The molecule has 0 saturated carbocycles. The van der Waals surface area contributed by atoms with Crippen LogP contribution in [0.4, 0.5) is 0 Å². The van der Waals surface area contributed by atoms with Gasteiger partial charge in [-0.2, -0.15) is 0 Å². The maximum atomic E-state index is 11.6. The molecule has 0 bridgehead atoms. The Morgan fingerprint density at radius 3 is 2.31 bits per heavy atom. The first-order valence-corrected chi connectivity index (χ1v) is 9.32. The Hall–Kier alpha value is -2.39. The third-order valence-corrected chi connectivity index (χ3v) is 5.44. The summed E-state index contributed by atoms with van der Waals surface area (Å²) in [6.07, 6.45) is 2.98. The van der Waals surface area contributed by atoms with E-state index in [4.69, 9.17) is 19.4 Å². The molecule has 3 aromatic rings. The molecule has 0 unspecified atom stereocenters. The summed E-state index contributed by atoms with van der Waals surface area (Å²) in [5, 5.41) is 17.1. The number of benzene rings is 1. The van der Waals surface area contributed by atoms with E-state index >= 15 is 0 Å². The smallest absolute Gasteiger partial charge is 0.423 e. The summed E-state index contributed by atoms with van der Waals surface area (Å²) in [4.78, 5) is 18.1. The van der Waals surface area contributed by atoms with Crippen molar-refractivity contribution in [2.75, 3.05) is 0 Å². The number of nitrogens with one attached hydrogen (secondary N) is 1. The summed E-state index contributed by atoms with van der Waals surface area (Å²) in [7, 11) is -0.0675. The molecule has 3 N–H and O–H groups in total. The van der Waals surface area contributed by atoms with Gasteiger partial charge in [-0.1, -0.05) is 12.1 Å². The molecule has 8 nitrogen and oxygen atoms in total. The lowest BCUT2D eigenvalue weighted by molar-refractivity contribution is 0.00578. The Morgan fingerprint density at radius 1 is 1.14 bits per heavy atom. The van der Waals surface area contributed by atoms with Crippen LogP contribution in [-0.4, -0.2) is 50.0 Å². The quantitative estimate of drug-likeness (QED) is 0.523. The summed E-state index contributed by atoms with van der Waals surface area (Å²) < 4.78 is 13.6. The van der Waals surface area contributed by atoms with Crippen LogP contribution < -0.4 is 16.6 Å². The maximum Gasteiger partial charge on any atom is 0.494 e. The second-order valence-electron chi connectivity index (χ2n) is 8.01. The molecule has 0 atom stereocenters. The average Bonchev–Trinajstić information content (AvgIpc) is 3.07. The number of H-pyrrole nitrogens is 1. The highest BCUT2D eigenvalue weighted by Crippen LogP contribution is 2.36. The summed E-state index contributed by atoms with van der Waals surface area (Å²) in [5.41, 5.74) is 2.15. The van der Waals surface area contributed by atoms with Crippen molar-refractivity contribution >= 4 is 36.2 Å². The summed E-state index contributed by atoms with van der Waals surface area (Å²) >= 11 is 0. The van der Waals surface area contributed by atoms with Crippen LogP contribution in [0.2, 0.25) is 0 Å². The number of pyridine rings is 1. The van der Waals surface area contributed by atoms with Gasteiger partial charge >= 0.3 is 19.9 Å². The number of imidazole rings is 1. The maximum absolute atomic E-state index is 11.6. The van der Waals surface area contributed by atoms with Gasteiger partial charge in [0.25, 0.3) is 0 Å². The molecule has 1 aromatic carbocycles. The van der Waals surface area contributed by atoms with Crippen LogP contribution in [0.3, 0.4) is 0 Å². The van der Waals surface area contributed by atoms with Gasteiger partial charge in [0, 0.05) is 24.9 Å². The third kappa shape index (κ3) is 4.30. The van der Waals surface area contributed by atoms with Crippen molar-refractivity contribution in [1.82, 2.24) is 14.5 Å². The Bertz CT molecular complexity index is 1030. The van der Waals surface area contributed by atoms with Crippen LogP contribution in [0.15, 0.2) is 47.5 Å². The molecule has 4 rings (SSSR count). The number of hydrogen-bond acceptors (Lipinski definition) is 6. The first-order valence-electron chi connectivity index (χ1n) is 9.32. The molecule has 10 heteroatoms. The van der Waals surface area contributed by atoms with Gasteiger partial charge in [-0.05, 0) is 51.4 Å². The first-order chi connectivity index (χ1) is 13.5. The van der Waals surface area contributed by atoms with E-state index in [0.29, 0.717) is 5.46 Å². The first kappa shape index (κ1) is 21.3. The molecule has 0 spiro atoms. The molecule has 2 aromatic heterocycles. The largest absolute Gasteiger partial charge is 0.494 e. The molecule has 29 heavy (non-hydrogen) atoms. The minimum Gasteiger partial charge on any atom is -0.423 e. The van der Waals surface area contributed by atoms with Crippen LogP contribution >= 0.6 is 0 Å². The lowest BCUT2D eigenvalue weighted by atomic mass is 9.79. The summed E-state index contributed by atoms with van der Waals surface area (Å²) in [5.74, 6) is 0. The normalized spacial score (nSPS) is 17.1. The molecule has 3 heterocycles. The molecular formula is C19H25B2N3O5. The number of aromatic amines is 1. The van der Waals surface area contributed by atoms with Gasteiger partial charge in [-0.25, -0.2) is 4.79 Å². The lowest BCUT2D eigenvalue weighted by Crippen LogP contribution is -2.41. The number of hydrogen-bond donors (Lipinski definition) is 3. The van der Waals surface area contributed by atoms with Crippen LogP contribution in [-0.2, 0) is 16.4 Å². The summed E-state index contributed by atoms with van der Waals surface area (Å²) in [6.45, 7) is 8.09. The van der Waals surface area contributed by atoms with Crippen molar-refractivity contribution in [3.63, 3.8) is 0 Å². The third-order valence-electron chi connectivity index (χ3n) is 5.44. The number of aryl methyl sites for hydroxylation is 1. The van der Waals surface area contributed by atoms with Gasteiger partial charge in [-0.3, -0.25) is 9.55 Å². The number of rotatable bonds is 2. The van der Waals surface area contributed by atoms with Crippen LogP contribution in [0.5, 0.6) is 0 Å². The zero-order chi connectivity index (χ0) is 21.4. The van der Waals surface area contributed by atoms with E-state index < -0.39 is 14.2 Å². The van der Waals surface area contributed by atoms with E-state index in [0.717, 1.165) is 16.5 Å². The second-order valence-corrected chi connectivity index (χ2v) is 8.01. The minimum atomic E-state index is -1.40. The molecule has 152 valence electrons. The fourth-order valence-electron chi connectivity index (χ4n) is 2.91. The van der Waals surface area contributed by atoms with E-state index in [2.05, 4.69) is 9.97 Å². The highest BCUT2D eigenvalue weighted by atomic mass is 16.7. The predicted molar refractivity (Wildman–Crippen MR) is 113 cm³/mol. The number of fused-ring (bicyclic) bond motifs is 1. The van der Waals surface area contributed by atoms with Crippen molar-refractivity contribution in [2.45, 2.75) is 38.9 Å². The van der Waals surface area contributed by atoms with Gasteiger partial charge in [-0.15, -0.1) is 0 Å². The number of aromatic nitrogens is 3. The monoisotopic (exact) mass is 397 g/mol. The van der Waals surface area contributed by atoms with Crippen molar-refractivity contribution in [2.24, 2.45) is 7.05 Å². The van der Waals surface area contributed by atoms with E-state index in [-0.39, 0.29) is 16.9 Å². The Balaban J connectivity index is 0.000000224. The fraction of sp³-hybridized carbons (Fsp3) is 0.368. The van der Waals surface area contributed by atoms with Gasteiger partial charge in [0.15, 0.2) is 0 Å². The molecular weight excluding hydrogens is 372 g/mol. The van der Waals surface area contributed by atoms with Crippen LogP contribution in [0.25, 0.3) is 11.0 Å². The van der Waals surface area contributed by atoms with Gasteiger partial charge in [0.1, 0.15) is 0 Å². The molecule has 1 saturated heterocycles. The highest BCUT2D eigenvalue weighted by Gasteiger charge is 2.51. The van der Waals surface area contributed by atoms with Gasteiger partial charge < -0.3 is 24.3 Å². The SMILES string of the molecule is Cn1c(=O)[nH]c2cc(B3OC(C)(C)C(C)(C)O3)ccc21.OB(O)c1cccnc1. The van der Waals surface area contributed by atoms with E-state index in [1.807, 2.05) is 45.9 Å². The van der Waals surface area contributed by atoms with Crippen molar-refractivity contribution in [3.05, 3.63) is 53.2 Å². The molecule has 0 aliphatic carbocycles. The van der Waals surface area contributed by atoms with Crippen molar-refractivity contribution < 1.29 is 19.4 Å². The topological polar surface area (TPSA) is 110 Å². The van der Waals surface area contributed by atoms with Crippen molar-refractivity contribution in [1.29, 1.82) is 0 Å². The highest BCUT2D eigenvalue weighted by molar-refractivity contribution is 6.62. The van der Waals surface area contributed by atoms with Gasteiger partial charge in [0.2, 0.25) is 0 Å². The Kier molecular flexibility index (Phi) is 5.73. The van der Waals surface area contributed by atoms with Crippen LogP contribution in [0, 0.1) is 0 Å². The zero-order valence-electron chi connectivity index (χ0n) is 17.2. The van der Waals surface area contributed by atoms with E-state index in [9.17, 15) is 4.79 Å². The lowest BCUT2D eigenvalue weighted by Gasteiger charge is -2.32. The predicted octanol–water partition coefficient (Wildman–Crippen LogP) is -0.0728. The number of nitrogens with zero attached hydrogens (tertiary/aromatic N) is 2. The molecule has 1 fully saturated rings. The second kappa shape index (κ2) is 7.79. The van der Waals surface area contributed by atoms with E-state index in [1.165, 1.54) is 6.20 Å². The minimum absolute atomic E-state index is 0.119. The Labute approximate surface area is 169 Å². The molecule has 0 amide bonds. The molecule has 1 aliphatic rings.